The van der Waals surface area contributed by atoms with Crippen molar-refractivity contribution >= 4 is 11.7 Å². The van der Waals surface area contributed by atoms with Gasteiger partial charge in [-0.15, -0.1) is 0 Å². The monoisotopic (exact) mass is 365 g/mol. The van der Waals surface area contributed by atoms with Crippen LogP contribution < -0.4 is 14.8 Å². The van der Waals surface area contributed by atoms with Crippen molar-refractivity contribution < 1.29 is 14.3 Å². The van der Waals surface area contributed by atoms with Crippen molar-refractivity contribution in [2.45, 2.75) is 20.3 Å². The summed E-state index contributed by atoms with van der Waals surface area (Å²) in [5.41, 5.74) is 1.41. The number of para-hydroxylation sites is 1. The first-order chi connectivity index (χ1) is 13.2. The fraction of sp³-hybridized carbons (Fsp3) is 0.238. The molecule has 2 aromatic carbocycles. The maximum absolute atomic E-state index is 12.6. The highest BCUT2D eigenvalue weighted by molar-refractivity contribution is 6.04. The van der Waals surface area contributed by atoms with Crippen LogP contribution in [0, 0.1) is 0 Å². The molecule has 0 unspecified atom stereocenters. The fourth-order valence-electron chi connectivity index (χ4n) is 2.55. The van der Waals surface area contributed by atoms with Crippen molar-refractivity contribution in [1.82, 2.24) is 9.78 Å². The van der Waals surface area contributed by atoms with Crippen molar-refractivity contribution in [3.63, 3.8) is 0 Å². The minimum absolute atomic E-state index is 0.253. The summed E-state index contributed by atoms with van der Waals surface area (Å²) < 4.78 is 13.0. The van der Waals surface area contributed by atoms with Gasteiger partial charge in [-0.25, -0.2) is 4.68 Å². The van der Waals surface area contributed by atoms with Crippen molar-refractivity contribution in [2.75, 3.05) is 18.5 Å². The molecule has 0 saturated heterocycles. The maximum Gasteiger partial charge on any atom is 0.257 e. The van der Waals surface area contributed by atoms with Gasteiger partial charge < -0.3 is 14.8 Å². The molecule has 0 spiro atoms. The zero-order chi connectivity index (χ0) is 19.1. The average molecular weight is 365 g/mol. The van der Waals surface area contributed by atoms with Crippen LogP contribution in [0.15, 0.2) is 60.8 Å². The summed E-state index contributed by atoms with van der Waals surface area (Å²) in [7, 11) is 0. The lowest BCUT2D eigenvalue weighted by molar-refractivity contribution is 0.102. The smallest absolute Gasteiger partial charge is 0.257 e. The summed E-state index contributed by atoms with van der Waals surface area (Å²) in [6.45, 7) is 5.03. The number of aromatic nitrogens is 2. The standard InChI is InChI=1S/C21H23N3O3/c1-3-14-27-18-11-10-16(15-19(18)26-4-2)21(25)22-20-12-13-24(23-20)17-8-6-5-7-9-17/h5-13,15H,3-4,14H2,1-2H3,(H,22,23,25). The highest BCUT2D eigenvalue weighted by Crippen LogP contribution is 2.29. The predicted octanol–water partition coefficient (Wildman–Crippen LogP) is 4.31. The minimum atomic E-state index is -0.253. The van der Waals surface area contributed by atoms with E-state index in [0.717, 1.165) is 12.1 Å². The number of nitrogens with zero attached hydrogens (tertiary/aromatic N) is 2. The van der Waals surface area contributed by atoms with Crippen LogP contribution in [0.5, 0.6) is 11.5 Å². The van der Waals surface area contributed by atoms with E-state index in [0.29, 0.717) is 36.1 Å². The number of hydrogen-bond acceptors (Lipinski definition) is 4. The number of ether oxygens (including phenoxy) is 2. The van der Waals surface area contributed by atoms with Crippen LogP contribution in [0.1, 0.15) is 30.6 Å². The SMILES string of the molecule is CCCOc1ccc(C(=O)Nc2ccn(-c3ccccc3)n2)cc1OCC. The molecule has 1 amide bonds. The van der Waals surface area contributed by atoms with Gasteiger partial charge in [0.05, 0.1) is 18.9 Å². The molecule has 27 heavy (non-hydrogen) atoms. The second-order valence-corrected chi connectivity index (χ2v) is 5.88. The molecular formula is C21H23N3O3. The quantitative estimate of drug-likeness (QED) is 0.646. The molecule has 3 aromatic rings. The average Bonchev–Trinajstić information content (AvgIpc) is 3.16. The number of carbonyl (C=O) groups is 1. The van der Waals surface area contributed by atoms with Crippen molar-refractivity contribution in [3.05, 3.63) is 66.4 Å². The molecule has 3 rings (SSSR count). The van der Waals surface area contributed by atoms with E-state index in [-0.39, 0.29) is 5.91 Å². The van der Waals surface area contributed by atoms with E-state index in [1.54, 1.807) is 35.1 Å². The lowest BCUT2D eigenvalue weighted by Gasteiger charge is -2.12. The molecule has 1 N–H and O–H groups in total. The van der Waals surface area contributed by atoms with Gasteiger partial charge in [-0.1, -0.05) is 25.1 Å². The molecule has 6 heteroatoms. The van der Waals surface area contributed by atoms with Gasteiger partial charge in [0.1, 0.15) is 0 Å². The Labute approximate surface area is 158 Å². The molecule has 0 radical (unpaired) electrons. The van der Waals surface area contributed by atoms with Gasteiger partial charge in [-0.3, -0.25) is 4.79 Å². The van der Waals surface area contributed by atoms with Crippen molar-refractivity contribution in [2.24, 2.45) is 0 Å². The van der Waals surface area contributed by atoms with E-state index in [1.165, 1.54) is 0 Å². The van der Waals surface area contributed by atoms with Crippen LogP contribution in [-0.4, -0.2) is 28.9 Å². The molecule has 0 atom stereocenters. The first-order valence-corrected chi connectivity index (χ1v) is 9.03. The first-order valence-electron chi connectivity index (χ1n) is 9.03. The molecule has 0 fully saturated rings. The van der Waals surface area contributed by atoms with Crippen LogP contribution in [0.3, 0.4) is 0 Å². The first kappa shape index (κ1) is 18.5. The Bertz CT molecular complexity index is 891. The van der Waals surface area contributed by atoms with Crippen molar-refractivity contribution in [3.8, 4) is 17.2 Å². The molecule has 0 aliphatic rings. The van der Waals surface area contributed by atoms with Crippen molar-refractivity contribution in [1.29, 1.82) is 0 Å². The molecule has 6 nitrogen and oxygen atoms in total. The Morgan fingerprint density at radius 1 is 1.04 bits per heavy atom. The third kappa shape index (κ3) is 4.67. The number of anilines is 1. The molecule has 0 bridgehead atoms. The third-order valence-corrected chi connectivity index (χ3v) is 3.82. The van der Waals surface area contributed by atoms with Gasteiger partial charge in [0, 0.05) is 17.8 Å². The number of hydrogen-bond donors (Lipinski definition) is 1. The summed E-state index contributed by atoms with van der Waals surface area (Å²) in [6, 6.07) is 16.6. The second kappa shape index (κ2) is 8.89. The number of rotatable bonds is 8. The Morgan fingerprint density at radius 2 is 1.85 bits per heavy atom. The Kier molecular flexibility index (Phi) is 6.10. The minimum Gasteiger partial charge on any atom is -0.490 e. The van der Waals surface area contributed by atoms with Gasteiger partial charge in [0.2, 0.25) is 0 Å². The highest BCUT2D eigenvalue weighted by atomic mass is 16.5. The van der Waals surface area contributed by atoms with Gasteiger partial charge >= 0.3 is 0 Å². The predicted molar refractivity (Wildman–Crippen MR) is 105 cm³/mol. The number of nitrogens with one attached hydrogen (secondary N) is 1. The third-order valence-electron chi connectivity index (χ3n) is 3.82. The number of benzene rings is 2. The van der Waals surface area contributed by atoms with E-state index >= 15 is 0 Å². The largest absolute Gasteiger partial charge is 0.490 e. The van der Waals surface area contributed by atoms with E-state index in [9.17, 15) is 4.79 Å². The van der Waals surface area contributed by atoms with Gasteiger partial charge in [-0.05, 0) is 43.7 Å². The molecule has 0 aliphatic heterocycles. The second-order valence-electron chi connectivity index (χ2n) is 5.88. The summed E-state index contributed by atoms with van der Waals surface area (Å²) in [4.78, 5) is 12.6. The summed E-state index contributed by atoms with van der Waals surface area (Å²) >= 11 is 0. The Hall–Kier alpha value is -3.28. The Morgan fingerprint density at radius 3 is 2.59 bits per heavy atom. The Balaban J connectivity index is 1.74. The molecule has 140 valence electrons. The van der Waals surface area contributed by atoms with Gasteiger partial charge in [0.15, 0.2) is 17.3 Å². The normalized spacial score (nSPS) is 10.4. The van der Waals surface area contributed by atoms with Crippen LogP contribution in [0.2, 0.25) is 0 Å². The van der Waals surface area contributed by atoms with Crippen LogP contribution in [0.4, 0.5) is 5.82 Å². The van der Waals surface area contributed by atoms with Crippen LogP contribution >= 0.6 is 0 Å². The maximum atomic E-state index is 12.6. The molecule has 1 aromatic heterocycles. The molecule has 0 aliphatic carbocycles. The number of amides is 1. The summed E-state index contributed by atoms with van der Waals surface area (Å²) in [6.07, 6.45) is 2.70. The van der Waals surface area contributed by atoms with E-state index in [1.807, 2.05) is 44.2 Å². The zero-order valence-electron chi connectivity index (χ0n) is 15.5. The molecule has 1 heterocycles. The van der Waals surface area contributed by atoms with Crippen LogP contribution in [0.25, 0.3) is 5.69 Å². The summed E-state index contributed by atoms with van der Waals surface area (Å²) in [5, 5.41) is 7.20. The zero-order valence-corrected chi connectivity index (χ0v) is 15.5. The topological polar surface area (TPSA) is 65.4 Å². The van der Waals surface area contributed by atoms with Gasteiger partial charge in [0.25, 0.3) is 5.91 Å². The fourth-order valence-corrected chi connectivity index (χ4v) is 2.55. The molecule has 0 saturated carbocycles. The summed E-state index contributed by atoms with van der Waals surface area (Å²) in [5.74, 6) is 1.43. The van der Waals surface area contributed by atoms with Gasteiger partial charge in [-0.2, -0.15) is 5.10 Å². The van der Waals surface area contributed by atoms with E-state index < -0.39 is 0 Å². The lowest BCUT2D eigenvalue weighted by atomic mass is 10.2. The van der Waals surface area contributed by atoms with Crippen LogP contribution in [-0.2, 0) is 0 Å². The van der Waals surface area contributed by atoms with E-state index in [4.69, 9.17) is 9.47 Å². The lowest BCUT2D eigenvalue weighted by Crippen LogP contribution is -2.13. The molecular weight excluding hydrogens is 342 g/mol. The van der Waals surface area contributed by atoms with E-state index in [2.05, 4.69) is 10.4 Å². The highest BCUT2D eigenvalue weighted by Gasteiger charge is 2.13. The number of carbonyl (C=O) groups excluding carboxylic acids is 1.